The van der Waals surface area contributed by atoms with Gasteiger partial charge >= 0.3 is 5.69 Å². The largest absolute Gasteiger partial charge is 0.342 e. The molecule has 0 saturated carbocycles. The van der Waals surface area contributed by atoms with E-state index >= 15 is 0 Å². The molecule has 2 aromatic rings. The number of rotatable bonds is 3. The van der Waals surface area contributed by atoms with Gasteiger partial charge in [0.1, 0.15) is 0 Å². The SMILES string of the molecule is CC(Cn1ccnc1)n1c(=O)[nH][nH]c1=S. The number of nitrogens with one attached hydrogen (secondary N) is 2. The third-order valence-corrected chi connectivity index (χ3v) is 2.49. The van der Waals surface area contributed by atoms with Gasteiger partial charge in [-0.15, -0.1) is 0 Å². The van der Waals surface area contributed by atoms with Gasteiger partial charge in [0, 0.05) is 18.9 Å². The van der Waals surface area contributed by atoms with Crippen LogP contribution in [0.1, 0.15) is 13.0 Å². The first-order valence-electron chi connectivity index (χ1n) is 4.53. The minimum atomic E-state index is -0.215. The number of imidazole rings is 1. The Morgan fingerprint density at radius 1 is 1.60 bits per heavy atom. The molecular weight excluding hydrogens is 214 g/mol. The third-order valence-electron chi connectivity index (χ3n) is 2.19. The summed E-state index contributed by atoms with van der Waals surface area (Å²) in [4.78, 5) is 15.3. The van der Waals surface area contributed by atoms with Crippen LogP contribution in [0.25, 0.3) is 0 Å². The molecule has 0 radical (unpaired) electrons. The molecule has 1 atom stereocenters. The zero-order valence-electron chi connectivity index (χ0n) is 8.17. The number of nitrogens with zero attached hydrogens (tertiary/aromatic N) is 3. The van der Waals surface area contributed by atoms with Crippen LogP contribution < -0.4 is 5.69 Å². The summed E-state index contributed by atoms with van der Waals surface area (Å²) in [6.07, 6.45) is 5.26. The quantitative estimate of drug-likeness (QED) is 0.755. The second kappa shape index (κ2) is 3.85. The van der Waals surface area contributed by atoms with Gasteiger partial charge in [0.15, 0.2) is 4.77 Å². The van der Waals surface area contributed by atoms with Crippen molar-refractivity contribution in [2.75, 3.05) is 0 Å². The topological polar surface area (TPSA) is 71.4 Å². The minimum absolute atomic E-state index is 0.0123. The lowest BCUT2D eigenvalue weighted by molar-refractivity contribution is 0.449. The third kappa shape index (κ3) is 1.91. The van der Waals surface area contributed by atoms with Crippen molar-refractivity contribution in [3.05, 3.63) is 34.0 Å². The van der Waals surface area contributed by atoms with E-state index in [2.05, 4.69) is 15.2 Å². The van der Waals surface area contributed by atoms with Crippen molar-refractivity contribution in [1.29, 1.82) is 0 Å². The molecule has 2 aromatic heterocycles. The maximum absolute atomic E-state index is 11.4. The molecule has 0 aliphatic carbocycles. The van der Waals surface area contributed by atoms with E-state index in [-0.39, 0.29) is 11.7 Å². The van der Waals surface area contributed by atoms with Gasteiger partial charge in [-0.25, -0.2) is 14.9 Å². The van der Waals surface area contributed by atoms with Gasteiger partial charge in [-0.05, 0) is 19.1 Å². The van der Waals surface area contributed by atoms with Crippen molar-refractivity contribution in [2.24, 2.45) is 0 Å². The molecule has 0 spiro atoms. The summed E-state index contributed by atoms with van der Waals surface area (Å²) in [5.74, 6) is 0. The molecule has 0 aliphatic heterocycles. The Kier molecular flexibility index (Phi) is 2.55. The molecule has 2 heterocycles. The van der Waals surface area contributed by atoms with Crippen molar-refractivity contribution >= 4 is 12.2 Å². The van der Waals surface area contributed by atoms with Crippen molar-refractivity contribution in [3.8, 4) is 0 Å². The standard InChI is InChI=1S/C8H11N5OS/c1-6(4-12-3-2-9-5-12)13-7(14)10-11-8(13)15/h2-3,5-6H,4H2,1H3,(H,10,14)(H,11,15). The summed E-state index contributed by atoms with van der Waals surface area (Å²) in [7, 11) is 0. The van der Waals surface area contributed by atoms with Crippen molar-refractivity contribution < 1.29 is 0 Å². The molecule has 1 unspecified atom stereocenters. The number of aromatic nitrogens is 5. The zero-order valence-corrected chi connectivity index (χ0v) is 8.99. The van der Waals surface area contributed by atoms with Crippen LogP contribution in [0.2, 0.25) is 0 Å². The van der Waals surface area contributed by atoms with E-state index in [9.17, 15) is 4.79 Å². The van der Waals surface area contributed by atoms with E-state index < -0.39 is 0 Å². The van der Waals surface area contributed by atoms with Crippen molar-refractivity contribution in [3.63, 3.8) is 0 Å². The van der Waals surface area contributed by atoms with Gasteiger partial charge in [-0.3, -0.25) is 9.67 Å². The van der Waals surface area contributed by atoms with E-state index in [1.54, 1.807) is 12.5 Å². The summed E-state index contributed by atoms with van der Waals surface area (Å²) in [6, 6.07) is -0.0123. The van der Waals surface area contributed by atoms with E-state index in [1.807, 2.05) is 17.7 Å². The second-order valence-corrected chi connectivity index (χ2v) is 3.73. The molecular formula is C8H11N5OS. The van der Waals surface area contributed by atoms with Crippen LogP contribution >= 0.6 is 12.2 Å². The molecule has 6 nitrogen and oxygen atoms in total. The average Bonchev–Trinajstić information content (AvgIpc) is 2.77. The first kappa shape index (κ1) is 9.91. The van der Waals surface area contributed by atoms with Gasteiger partial charge in [-0.2, -0.15) is 0 Å². The smallest absolute Gasteiger partial charge is 0.335 e. The average molecular weight is 225 g/mol. The monoisotopic (exact) mass is 225 g/mol. The summed E-state index contributed by atoms with van der Waals surface area (Å²) in [5, 5.41) is 5.06. The second-order valence-electron chi connectivity index (χ2n) is 3.34. The highest BCUT2D eigenvalue weighted by Crippen LogP contribution is 2.05. The highest BCUT2D eigenvalue weighted by atomic mass is 32.1. The molecule has 0 amide bonds. The maximum atomic E-state index is 11.4. The van der Waals surface area contributed by atoms with Gasteiger partial charge in [0.25, 0.3) is 0 Å². The van der Waals surface area contributed by atoms with Gasteiger partial charge in [0.2, 0.25) is 0 Å². The molecule has 0 bridgehead atoms. The summed E-state index contributed by atoms with van der Waals surface area (Å²) < 4.78 is 3.82. The van der Waals surface area contributed by atoms with Gasteiger partial charge in [-0.1, -0.05) is 0 Å². The van der Waals surface area contributed by atoms with Crippen LogP contribution in [0.5, 0.6) is 0 Å². The lowest BCUT2D eigenvalue weighted by atomic mass is 10.3. The Labute approximate surface area is 90.6 Å². The fraction of sp³-hybridized carbons (Fsp3) is 0.375. The Morgan fingerprint density at radius 2 is 2.40 bits per heavy atom. The van der Waals surface area contributed by atoms with E-state index in [0.29, 0.717) is 11.3 Å². The lowest BCUT2D eigenvalue weighted by Gasteiger charge is -2.11. The number of hydrogen-bond donors (Lipinski definition) is 2. The molecule has 0 saturated heterocycles. The van der Waals surface area contributed by atoms with Gasteiger partial charge in [0.05, 0.1) is 12.4 Å². The molecule has 80 valence electrons. The molecule has 0 aliphatic rings. The molecule has 0 aromatic carbocycles. The van der Waals surface area contributed by atoms with Crippen LogP contribution in [0, 0.1) is 4.77 Å². The molecule has 2 rings (SSSR count). The molecule has 2 N–H and O–H groups in total. The van der Waals surface area contributed by atoms with Crippen LogP contribution in [0.15, 0.2) is 23.5 Å². The summed E-state index contributed by atoms with van der Waals surface area (Å²) >= 11 is 5.00. The van der Waals surface area contributed by atoms with Gasteiger partial charge < -0.3 is 4.57 Å². The van der Waals surface area contributed by atoms with Crippen molar-refractivity contribution in [1.82, 2.24) is 24.3 Å². The van der Waals surface area contributed by atoms with E-state index in [1.165, 1.54) is 4.57 Å². The Bertz CT molecular complexity index is 506. The van der Waals surface area contributed by atoms with Crippen LogP contribution in [0.3, 0.4) is 0 Å². The predicted molar refractivity (Wildman–Crippen MR) is 57.2 cm³/mol. The summed E-state index contributed by atoms with van der Waals surface area (Å²) in [5.41, 5.74) is -0.215. The van der Waals surface area contributed by atoms with Crippen LogP contribution in [-0.4, -0.2) is 24.3 Å². The first-order chi connectivity index (χ1) is 7.18. The van der Waals surface area contributed by atoms with Crippen LogP contribution in [0.4, 0.5) is 0 Å². The highest BCUT2D eigenvalue weighted by molar-refractivity contribution is 7.71. The first-order valence-corrected chi connectivity index (χ1v) is 4.94. The van der Waals surface area contributed by atoms with E-state index in [4.69, 9.17) is 12.2 Å². The highest BCUT2D eigenvalue weighted by Gasteiger charge is 2.09. The molecule has 15 heavy (non-hydrogen) atoms. The Balaban J connectivity index is 2.26. The fourth-order valence-corrected chi connectivity index (χ4v) is 1.82. The maximum Gasteiger partial charge on any atom is 0.342 e. The van der Waals surface area contributed by atoms with Crippen molar-refractivity contribution in [2.45, 2.75) is 19.5 Å². The fourth-order valence-electron chi connectivity index (χ4n) is 1.50. The predicted octanol–water partition coefficient (Wildman–Crippen LogP) is 0.692. The molecule has 0 fully saturated rings. The number of H-pyrrole nitrogens is 2. The number of aromatic amines is 2. The Hall–Kier alpha value is -1.63. The summed E-state index contributed by atoms with van der Waals surface area (Å²) in [6.45, 7) is 2.59. The van der Waals surface area contributed by atoms with E-state index in [0.717, 1.165) is 0 Å². The van der Waals surface area contributed by atoms with Crippen LogP contribution in [-0.2, 0) is 6.54 Å². The lowest BCUT2D eigenvalue weighted by Crippen LogP contribution is -2.23. The normalized spacial score (nSPS) is 12.9. The number of hydrogen-bond acceptors (Lipinski definition) is 3. The molecule has 7 heteroatoms. The zero-order chi connectivity index (χ0) is 10.8. The Morgan fingerprint density at radius 3 is 2.93 bits per heavy atom. The minimum Gasteiger partial charge on any atom is -0.335 e.